The van der Waals surface area contributed by atoms with Crippen LogP contribution >= 0.6 is 0 Å². The average Bonchev–Trinajstić information content (AvgIpc) is 3.54. The molecule has 3 heterocycles. The van der Waals surface area contributed by atoms with Crippen LogP contribution in [0.25, 0.3) is 0 Å². The molecule has 8 nitrogen and oxygen atoms in total. The second kappa shape index (κ2) is 9.88. The van der Waals surface area contributed by atoms with Crippen molar-refractivity contribution in [2.75, 3.05) is 31.6 Å². The molecule has 2 aliphatic carbocycles. The summed E-state index contributed by atoms with van der Waals surface area (Å²) in [5.74, 6) is 1.75. The second-order valence-electron chi connectivity index (χ2n) is 10.9. The molecule has 4 aliphatic rings. The fourth-order valence-corrected chi connectivity index (χ4v) is 6.57. The third-order valence-corrected chi connectivity index (χ3v) is 8.63. The number of nitrogens with one attached hydrogen (secondary N) is 1. The van der Waals surface area contributed by atoms with Crippen LogP contribution in [0.15, 0.2) is 17.4 Å². The van der Waals surface area contributed by atoms with Crippen LogP contribution in [0.5, 0.6) is 5.88 Å². The molecule has 1 aromatic rings. The zero-order valence-electron chi connectivity index (χ0n) is 21.2. The summed E-state index contributed by atoms with van der Waals surface area (Å²) < 4.78 is 6.35. The number of hydrogen-bond acceptors (Lipinski definition) is 8. The number of likely N-dealkylation sites (tertiary alicyclic amines) is 1. The third-order valence-electron chi connectivity index (χ3n) is 8.63. The largest absolute Gasteiger partial charge is 0.511 e. The minimum absolute atomic E-state index is 0.0312. The van der Waals surface area contributed by atoms with Crippen molar-refractivity contribution >= 4 is 17.3 Å². The van der Waals surface area contributed by atoms with Crippen LogP contribution in [-0.4, -0.2) is 70.3 Å². The van der Waals surface area contributed by atoms with Gasteiger partial charge in [0.2, 0.25) is 5.88 Å². The van der Waals surface area contributed by atoms with Crippen molar-refractivity contribution in [1.29, 1.82) is 5.41 Å². The molecule has 3 fully saturated rings. The van der Waals surface area contributed by atoms with Gasteiger partial charge in [0.05, 0.1) is 5.41 Å². The molecule has 1 aromatic heterocycles. The Kier molecular flexibility index (Phi) is 6.84. The summed E-state index contributed by atoms with van der Waals surface area (Å²) in [4.78, 5) is 26.9. The number of allylic oxidation sites excluding steroid dienone is 2. The first-order chi connectivity index (χ1) is 16.9. The van der Waals surface area contributed by atoms with Gasteiger partial charge in [-0.1, -0.05) is 6.42 Å². The number of carbonyl (C=O) groups is 1. The maximum atomic E-state index is 12.9. The average molecular weight is 482 g/mol. The van der Waals surface area contributed by atoms with E-state index in [4.69, 9.17) is 15.1 Å². The number of Topliss-reactive ketones (excluding diaryl/α,β-unsaturated/α-hetero) is 1. The number of nitrogens with zero attached hydrogens (tertiary/aromatic N) is 4. The molecule has 0 radical (unpaired) electrons. The van der Waals surface area contributed by atoms with Gasteiger partial charge in [0.25, 0.3) is 0 Å². The highest BCUT2D eigenvalue weighted by Crippen LogP contribution is 2.48. The molecule has 1 saturated carbocycles. The summed E-state index contributed by atoms with van der Waals surface area (Å²) in [6, 6.07) is 2.24. The lowest BCUT2D eigenvalue weighted by atomic mass is 9.64. The number of likely N-dealkylation sites (N-methyl/N-ethyl adjacent to an activating group) is 1. The van der Waals surface area contributed by atoms with E-state index in [0.717, 1.165) is 64.0 Å². The van der Waals surface area contributed by atoms with E-state index in [9.17, 15) is 9.90 Å². The lowest BCUT2D eigenvalue weighted by Gasteiger charge is -2.39. The van der Waals surface area contributed by atoms with Crippen molar-refractivity contribution in [1.82, 2.24) is 14.9 Å². The SMILES string of the molecule is C[C@H](Oc1cc(N2CCCC2)nc(C(=N)C2=C(O)[C@]3(CCCCC3=O)CCC2)n1)[C@@H]1CCCN1C. The zero-order chi connectivity index (χ0) is 24.6. The van der Waals surface area contributed by atoms with Crippen LogP contribution in [0.4, 0.5) is 5.82 Å². The number of aromatic nitrogens is 2. The first-order valence-electron chi connectivity index (χ1n) is 13.5. The maximum absolute atomic E-state index is 12.9. The third kappa shape index (κ3) is 4.57. The maximum Gasteiger partial charge on any atom is 0.219 e. The number of ether oxygens (including phenoxy) is 1. The predicted octanol–water partition coefficient (Wildman–Crippen LogP) is 4.43. The second-order valence-corrected chi connectivity index (χ2v) is 10.9. The van der Waals surface area contributed by atoms with E-state index in [0.29, 0.717) is 43.2 Å². The van der Waals surface area contributed by atoms with Gasteiger partial charge in [0.1, 0.15) is 29.2 Å². The monoisotopic (exact) mass is 481 g/mol. The Hall–Kier alpha value is -2.48. The van der Waals surface area contributed by atoms with E-state index < -0.39 is 5.41 Å². The van der Waals surface area contributed by atoms with Gasteiger partial charge >= 0.3 is 0 Å². The predicted molar refractivity (Wildman–Crippen MR) is 135 cm³/mol. The van der Waals surface area contributed by atoms with Crippen molar-refractivity contribution in [3.8, 4) is 5.88 Å². The normalized spacial score (nSPS) is 28.7. The molecule has 8 heteroatoms. The first kappa shape index (κ1) is 24.2. The number of aliphatic hydroxyl groups excluding tert-OH is 1. The van der Waals surface area contributed by atoms with Gasteiger partial charge in [0, 0.05) is 37.2 Å². The quantitative estimate of drug-likeness (QED) is 0.579. The molecule has 2 saturated heterocycles. The van der Waals surface area contributed by atoms with Crippen molar-refractivity contribution in [2.45, 2.75) is 89.7 Å². The number of aliphatic hydroxyl groups is 1. The number of ketones is 1. The molecular formula is C27H39N5O3. The highest BCUT2D eigenvalue weighted by molar-refractivity contribution is 6.09. The summed E-state index contributed by atoms with van der Waals surface area (Å²) in [7, 11) is 2.13. The lowest BCUT2D eigenvalue weighted by Crippen LogP contribution is -2.39. The minimum Gasteiger partial charge on any atom is -0.511 e. The van der Waals surface area contributed by atoms with Gasteiger partial charge in [-0.05, 0) is 78.3 Å². The topological polar surface area (TPSA) is 103 Å². The summed E-state index contributed by atoms with van der Waals surface area (Å²) in [6.07, 6.45) is 9.49. The summed E-state index contributed by atoms with van der Waals surface area (Å²) in [5, 5.41) is 20.4. The number of rotatable bonds is 6. The minimum atomic E-state index is -0.814. The number of carbonyl (C=O) groups excluding carboxylic acids is 1. The van der Waals surface area contributed by atoms with Crippen LogP contribution in [0.1, 0.15) is 83.4 Å². The molecule has 2 N–H and O–H groups in total. The number of hydrogen-bond donors (Lipinski definition) is 2. The Morgan fingerprint density at radius 1 is 1.11 bits per heavy atom. The summed E-state index contributed by atoms with van der Waals surface area (Å²) in [6.45, 7) is 5.01. The van der Waals surface area contributed by atoms with Gasteiger partial charge in [-0.25, -0.2) is 4.98 Å². The van der Waals surface area contributed by atoms with E-state index in [1.54, 1.807) is 0 Å². The van der Waals surface area contributed by atoms with Crippen LogP contribution in [-0.2, 0) is 4.79 Å². The molecule has 0 amide bonds. The van der Waals surface area contributed by atoms with Crippen molar-refractivity contribution < 1.29 is 14.6 Å². The first-order valence-corrected chi connectivity index (χ1v) is 13.5. The van der Waals surface area contributed by atoms with Crippen LogP contribution < -0.4 is 9.64 Å². The van der Waals surface area contributed by atoms with Crippen molar-refractivity contribution in [3.63, 3.8) is 0 Å². The molecule has 0 aromatic carbocycles. The molecule has 5 rings (SSSR count). The molecule has 3 atom stereocenters. The fourth-order valence-electron chi connectivity index (χ4n) is 6.57. The van der Waals surface area contributed by atoms with Gasteiger partial charge in [-0.2, -0.15) is 4.98 Å². The zero-order valence-corrected chi connectivity index (χ0v) is 21.2. The molecule has 2 aliphatic heterocycles. The molecule has 1 spiro atoms. The van der Waals surface area contributed by atoms with E-state index >= 15 is 0 Å². The van der Waals surface area contributed by atoms with Crippen LogP contribution in [0.2, 0.25) is 0 Å². The lowest BCUT2D eigenvalue weighted by molar-refractivity contribution is -0.131. The van der Waals surface area contributed by atoms with Crippen LogP contribution in [0.3, 0.4) is 0 Å². The van der Waals surface area contributed by atoms with Gasteiger partial charge in [-0.3, -0.25) is 15.1 Å². The van der Waals surface area contributed by atoms with Crippen molar-refractivity contribution in [3.05, 3.63) is 23.2 Å². The van der Waals surface area contributed by atoms with Gasteiger partial charge in [0.15, 0.2) is 5.82 Å². The van der Waals surface area contributed by atoms with E-state index in [-0.39, 0.29) is 29.2 Å². The Morgan fingerprint density at radius 2 is 1.89 bits per heavy atom. The summed E-state index contributed by atoms with van der Waals surface area (Å²) >= 11 is 0. The van der Waals surface area contributed by atoms with Gasteiger partial charge in [-0.15, -0.1) is 0 Å². The van der Waals surface area contributed by atoms with Gasteiger partial charge < -0.3 is 14.7 Å². The van der Waals surface area contributed by atoms with E-state index in [1.807, 2.05) is 6.07 Å². The molecule has 0 bridgehead atoms. The Bertz CT molecular complexity index is 1020. The molecule has 0 unspecified atom stereocenters. The highest BCUT2D eigenvalue weighted by atomic mass is 16.5. The molecule has 190 valence electrons. The molecule has 35 heavy (non-hydrogen) atoms. The number of anilines is 1. The van der Waals surface area contributed by atoms with E-state index in [2.05, 4.69) is 28.8 Å². The Labute approximate surface area is 208 Å². The summed E-state index contributed by atoms with van der Waals surface area (Å²) in [5.41, 5.74) is -0.165. The van der Waals surface area contributed by atoms with Crippen molar-refractivity contribution in [2.24, 2.45) is 5.41 Å². The highest BCUT2D eigenvalue weighted by Gasteiger charge is 2.47. The Balaban J connectivity index is 1.48. The fraction of sp³-hybridized carbons (Fsp3) is 0.704. The van der Waals surface area contributed by atoms with Crippen LogP contribution in [0, 0.1) is 10.8 Å². The van der Waals surface area contributed by atoms with E-state index in [1.165, 1.54) is 6.42 Å². The smallest absolute Gasteiger partial charge is 0.219 e. The standard InChI is InChI=1S/C27H39N5O3/c1-18(20-10-8-14-31(20)2)35-23-17-22(32-15-5-6-16-32)29-26(30-23)24(28)19-9-7-13-27(25(19)34)12-4-3-11-21(27)33/h17-18,20,28,34H,3-16H2,1-2H3/t18-,20-,27+/m0/s1. The molecular weight excluding hydrogens is 442 g/mol. The Morgan fingerprint density at radius 3 is 2.60 bits per heavy atom.